The second kappa shape index (κ2) is 7.83. The molecule has 0 aliphatic rings. The number of nitrogens with one attached hydrogen (secondary N) is 2. The third-order valence-electron chi connectivity index (χ3n) is 4.22. The van der Waals surface area contributed by atoms with Gasteiger partial charge in [-0.25, -0.2) is 18.5 Å². The number of nitrogen functional groups attached to an aromatic ring is 1. The van der Waals surface area contributed by atoms with E-state index < -0.39 is 10.0 Å². The molecule has 0 spiro atoms. The highest BCUT2D eigenvalue weighted by molar-refractivity contribution is 7.89. The Kier molecular flexibility index (Phi) is 5.48. The van der Waals surface area contributed by atoms with E-state index in [0.717, 1.165) is 16.8 Å². The molecule has 28 heavy (non-hydrogen) atoms. The Morgan fingerprint density at radius 1 is 1.04 bits per heavy atom. The third kappa shape index (κ3) is 4.76. The summed E-state index contributed by atoms with van der Waals surface area (Å²) in [5, 5.41) is 11.5. The fraction of sp³-hybridized carbons (Fsp3) is 0.158. The lowest BCUT2D eigenvalue weighted by Crippen LogP contribution is -2.14. The average molecular weight is 398 g/mol. The van der Waals surface area contributed by atoms with E-state index in [0.29, 0.717) is 29.6 Å². The van der Waals surface area contributed by atoms with Gasteiger partial charge in [-0.2, -0.15) is 4.98 Å². The Bertz CT molecular complexity index is 1120. The van der Waals surface area contributed by atoms with Crippen molar-refractivity contribution in [2.24, 2.45) is 5.14 Å². The van der Waals surface area contributed by atoms with Crippen LogP contribution >= 0.6 is 0 Å². The van der Waals surface area contributed by atoms with Gasteiger partial charge in [0.15, 0.2) is 0 Å². The van der Waals surface area contributed by atoms with Gasteiger partial charge in [-0.1, -0.05) is 18.2 Å². The third-order valence-corrected chi connectivity index (χ3v) is 5.28. The van der Waals surface area contributed by atoms with Crippen LogP contribution in [0.2, 0.25) is 0 Å². The number of anilines is 4. The van der Waals surface area contributed by atoms with Crippen molar-refractivity contribution >= 4 is 33.2 Å². The van der Waals surface area contributed by atoms with Crippen molar-refractivity contribution in [3.8, 4) is 0 Å². The van der Waals surface area contributed by atoms with Crippen molar-refractivity contribution in [2.75, 3.05) is 16.4 Å². The highest BCUT2D eigenvalue weighted by Crippen LogP contribution is 2.21. The molecule has 0 unspecified atom stereocenters. The van der Waals surface area contributed by atoms with Crippen LogP contribution in [0.15, 0.2) is 53.6 Å². The molecule has 6 N–H and O–H groups in total. The summed E-state index contributed by atoms with van der Waals surface area (Å²) in [7, 11) is -3.81. The Hall–Kier alpha value is -3.17. The van der Waals surface area contributed by atoms with Gasteiger partial charge in [0.2, 0.25) is 16.0 Å². The molecule has 0 aliphatic carbocycles. The lowest BCUT2D eigenvalue weighted by molar-refractivity contribution is 0.597. The standard InChI is InChI=1S/C19H22N6O2S/c1-12-3-5-14(9-16(12)20)11-23-18-7-8-22-19(25-18)24-15-6-4-13(2)17(10-15)28(21,26)27/h3-10H,11,20H2,1-2H3,(H2,21,26,27)(H2,22,23,24,25). The van der Waals surface area contributed by atoms with E-state index in [-0.39, 0.29) is 4.90 Å². The van der Waals surface area contributed by atoms with E-state index in [2.05, 4.69) is 20.6 Å². The molecule has 146 valence electrons. The number of hydrogen-bond donors (Lipinski definition) is 4. The van der Waals surface area contributed by atoms with Gasteiger partial charge >= 0.3 is 0 Å². The molecule has 9 heteroatoms. The Balaban J connectivity index is 1.74. The van der Waals surface area contributed by atoms with E-state index in [9.17, 15) is 8.42 Å². The van der Waals surface area contributed by atoms with Crippen molar-refractivity contribution in [3.63, 3.8) is 0 Å². The maximum absolute atomic E-state index is 11.7. The van der Waals surface area contributed by atoms with Crippen LogP contribution in [0.1, 0.15) is 16.7 Å². The van der Waals surface area contributed by atoms with Crippen molar-refractivity contribution in [1.29, 1.82) is 0 Å². The van der Waals surface area contributed by atoms with Crippen LogP contribution in [0.25, 0.3) is 0 Å². The minimum atomic E-state index is -3.81. The predicted molar refractivity (Wildman–Crippen MR) is 111 cm³/mol. The summed E-state index contributed by atoms with van der Waals surface area (Å²) in [6, 6.07) is 12.5. The first-order valence-electron chi connectivity index (χ1n) is 8.55. The Labute approximate surface area is 164 Å². The molecule has 0 atom stereocenters. The summed E-state index contributed by atoms with van der Waals surface area (Å²) in [6.07, 6.45) is 1.61. The summed E-state index contributed by atoms with van der Waals surface area (Å²) in [6.45, 7) is 4.20. The molecule has 0 fully saturated rings. The summed E-state index contributed by atoms with van der Waals surface area (Å²) >= 11 is 0. The zero-order chi connectivity index (χ0) is 20.3. The number of hydrogen-bond acceptors (Lipinski definition) is 7. The SMILES string of the molecule is Cc1ccc(CNc2ccnc(Nc3ccc(C)c(S(N)(=O)=O)c3)n2)cc1N. The molecule has 3 aromatic rings. The zero-order valence-corrected chi connectivity index (χ0v) is 16.4. The predicted octanol–water partition coefficient (Wildman–Crippen LogP) is 2.68. The minimum absolute atomic E-state index is 0.0590. The number of primary sulfonamides is 1. The number of aromatic nitrogens is 2. The fourth-order valence-electron chi connectivity index (χ4n) is 2.62. The number of nitrogens with two attached hydrogens (primary N) is 2. The van der Waals surface area contributed by atoms with Crippen LogP contribution in [-0.4, -0.2) is 18.4 Å². The maximum atomic E-state index is 11.7. The smallest absolute Gasteiger partial charge is 0.238 e. The molecular formula is C19H22N6O2S. The number of rotatable bonds is 6. The molecule has 3 rings (SSSR count). The lowest BCUT2D eigenvalue weighted by atomic mass is 10.1. The normalized spacial score (nSPS) is 11.2. The molecule has 1 heterocycles. The van der Waals surface area contributed by atoms with Crippen molar-refractivity contribution in [2.45, 2.75) is 25.3 Å². The van der Waals surface area contributed by atoms with E-state index in [1.54, 1.807) is 31.3 Å². The van der Waals surface area contributed by atoms with Crippen molar-refractivity contribution in [1.82, 2.24) is 9.97 Å². The second-order valence-electron chi connectivity index (χ2n) is 6.46. The molecule has 0 saturated heterocycles. The van der Waals surface area contributed by atoms with Gasteiger partial charge in [-0.05, 0) is 54.8 Å². The summed E-state index contributed by atoms with van der Waals surface area (Å²) in [5.41, 5.74) is 9.85. The quantitative estimate of drug-likeness (QED) is 0.469. The van der Waals surface area contributed by atoms with Crippen molar-refractivity contribution in [3.05, 3.63) is 65.4 Å². The van der Waals surface area contributed by atoms with Crippen LogP contribution in [0.5, 0.6) is 0 Å². The minimum Gasteiger partial charge on any atom is -0.399 e. The lowest BCUT2D eigenvalue weighted by Gasteiger charge is -2.11. The number of aryl methyl sites for hydroxylation is 2. The Morgan fingerprint density at radius 2 is 1.79 bits per heavy atom. The summed E-state index contributed by atoms with van der Waals surface area (Å²) < 4.78 is 23.4. The topological polar surface area (TPSA) is 136 Å². The molecule has 0 bridgehead atoms. The van der Waals surface area contributed by atoms with Crippen molar-refractivity contribution < 1.29 is 8.42 Å². The van der Waals surface area contributed by atoms with Gasteiger partial charge in [0.25, 0.3) is 0 Å². The van der Waals surface area contributed by atoms with Crippen LogP contribution in [-0.2, 0) is 16.6 Å². The number of sulfonamides is 1. The average Bonchev–Trinajstić information content (AvgIpc) is 2.64. The largest absolute Gasteiger partial charge is 0.399 e. The van der Waals surface area contributed by atoms with E-state index in [1.807, 2.05) is 25.1 Å². The molecular weight excluding hydrogens is 376 g/mol. The first kappa shape index (κ1) is 19.6. The van der Waals surface area contributed by atoms with Crippen LogP contribution in [0.4, 0.5) is 23.1 Å². The van der Waals surface area contributed by atoms with Gasteiger partial charge in [0.05, 0.1) is 4.90 Å². The van der Waals surface area contributed by atoms with Crippen LogP contribution < -0.4 is 21.5 Å². The van der Waals surface area contributed by atoms with E-state index in [4.69, 9.17) is 10.9 Å². The Morgan fingerprint density at radius 3 is 2.50 bits per heavy atom. The summed E-state index contributed by atoms with van der Waals surface area (Å²) in [5.74, 6) is 0.952. The molecule has 0 saturated carbocycles. The molecule has 0 aliphatic heterocycles. The van der Waals surface area contributed by atoms with Gasteiger partial charge in [-0.15, -0.1) is 0 Å². The highest BCUT2D eigenvalue weighted by atomic mass is 32.2. The second-order valence-corrected chi connectivity index (χ2v) is 7.99. The molecule has 0 radical (unpaired) electrons. The molecule has 0 amide bonds. The van der Waals surface area contributed by atoms with E-state index >= 15 is 0 Å². The first-order chi connectivity index (χ1) is 13.2. The van der Waals surface area contributed by atoms with E-state index in [1.165, 1.54) is 6.07 Å². The highest BCUT2D eigenvalue weighted by Gasteiger charge is 2.12. The monoisotopic (exact) mass is 398 g/mol. The molecule has 1 aromatic heterocycles. The van der Waals surface area contributed by atoms with Crippen LogP contribution in [0, 0.1) is 13.8 Å². The van der Waals surface area contributed by atoms with Gasteiger partial charge in [0.1, 0.15) is 5.82 Å². The van der Waals surface area contributed by atoms with Crippen LogP contribution in [0.3, 0.4) is 0 Å². The molecule has 8 nitrogen and oxygen atoms in total. The number of benzene rings is 2. The maximum Gasteiger partial charge on any atom is 0.238 e. The zero-order valence-electron chi connectivity index (χ0n) is 15.6. The fourth-order valence-corrected chi connectivity index (χ4v) is 3.43. The first-order valence-corrected chi connectivity index (χ1v) is 10.1. The van der Waals surface area contributed by atoms with Gasteiger partial charge < -0.3 is 16.4 Å². The number of nitrogens with zero attached hydrogens (tertiary/aromatic N) is 2. The summed E-state index contributed by atoms with van der Waals surface area (Å²) in [4.78, 5) is 8.62. The van der Waals surface area contributed by atoms with Gasteiger partial charge in [0, 0.05) is 24.1 Å². The van der Waals surface area contributed by atoms with Gasteiger partial charge in [-0.3, -0.25) is 0 Å². The molecule has 2 aromatic carbocycles.